The first-order valence-electron chi connectivity index (χ1n) is 8.65. The van der Waals surface area contributed by atoms with Crippen molar-refractivity contribution in [2.24, 2.45) is 0 Å². The van der Waals surface area contributed by atoms with Gasteiger partial charge in [-0.25, -0.2) is 9.97 Å². The number of methoxy groups -OCH3 is 1. The molecule has 0 aliphatic carbocycles. The number of aromatic nitrogens is 2. The van der Waals surface area contributed by atoms with E-state index in [9.17, 15) is 4.79 Å². The van der Waals surface area contributed by atoms with Crippen molar-refractivity contribution in [3.05, 3.63) is 41.7 Å². The maximum atomic E-state index is 12.7. The minimum atomic E-state index is -0.384. The monoisotopic (exact) mass is 356 g/mol. The minimum Gasteiger partial charge on any atom is -0.497 e. The van der Waals surface area contributed by atoms with Crippen molar-refractivity contribution < 1.29 is 14.3 Å². The smallest absolute Gasteiger partial charge is 0.254 e. The first kappa shape index (κ1) is 18.0. The van der Waals surface area contributed by atoms with E-state index in [1.165, 1.54) is 12.4 Å². The molecule has 0 bridgehead atoms. The Morgan fingerprint density at radius 1 is 1.35 bits per heavy atom. The van der Waals surface area contributed by atoms with Gasteiger partial charge in [0.2, 0.25) is 5.95 Å². The van der Waals surface area contributed by atoms with Crippen LogP contribution in [0.25, 0.3) is 0 Å². The number of rotatable bonds is 5. The van der Waals surface area contributed by atoms with E-state index < -0.39 is 0 Å². The summed E-state index contributed by atoms with van der Waals surface area (Å²) < 4.78 is 11.4. The van der Waals surface area contributed by atoms with Crippen LogP contribution in [0, 0.1) is 0 Å². The molecule has 26 heavy (non-hydrogen) atoms. The highest BCUT2D eigenvalue weighted by Crippen LogP contribution is 2.41. The summed E-state index contributed by atoms with van der Waals surface area (Å²) in [6.07, 6.45) is 3.70. The fraction of sp³-hybridized carbons (Fsp3) is 0.421. The molecule has 7 heteroatoms. The summed E-state index contributed by atoms with van der Waals surface area (Å²) in [5.41, 5.74) is 0.938. The van der Waals surface area contributed by atoms with Crippen molar-refractivity contribution >= 4 is 11.9 Å². The lowest BCUT2D eigenvalue weighted by molar-refractivity contribution is 0.0618. The molecular formula is C19H24N4O3. The van der Waals surface area contributed by atoms with Crippen LogP contribution in [-0.4, -0.2) is 35.1 Å². The molecule has 1 atom stereocenters. The number of nitrogens with zero attached hydrogens (tertiary/aromatic N) is 2. The van der Waals surface area contributed by atoms with Gasteiger partial charge in [-0.3, -0.25) is 4.79 Å². The van der Waals surface area contributed by atoms with Gasteiger partial charge in [0.05, 0.1) is 18.7 Å². The molecule has 0 fully saturated rings. The Labute approximate surface area is 153 Å². The van der Waals surface area contributed by atoms with Gasteiger partial charge in [0, 0.05) is 30.9 Å². The summed E-state index contributed by atoms with van der Waals surface area (Å²) in [7, 11) is 1.62. The number of carbonyl (C=O) groups excluding carboxylic acids is 1. The zero-order valence-electron chi connectivity index (χ0n) is 15.5. The first-order valence-corrected chi connectivity index (χ1v) is 8.65. The lowest BCUT2D eigenvalue weighted by Gasteiger charge is -2.38. The standard InChI is InChI=1S/C19H24N4O3/c1-5-20-18-21-10-12(11-22-18)17(24)23-15-9-19(2,3)26-16-7-6-13(25-4)8-14(15)16/h6-8,10-11,15H,5,9H2,1-4H3,(H,23,24)(H,20,21,22). The summed E-state index contributed by atoms with van der Waals surface area (Å²) in [5.74, 6) is 1.77. The van der Waals surface area contributed by atoms with Crippen LogP contribution >= 0.6 is 0 Å². The van der Waals surface area contributed by atoms with Gasteiger partial charge >= 0.3 is 0 Å². The lowest BCUT2D eigenvalue weighted by Crippen LogP contribution is -2.41. The SMILES string of the molecule is CCNc1ncc(C(=O)NC2CC(C)(C)Oc3ccc(OC)cc32)cn1. The van der Waals surface area contributed by atoms with Crippen molar-refractivity contribution in [3.8, 4) is 11.5 Å². The number of nitrogens with one attached hydrogen (secondary N) is 2. The van der Waals surface area contributed by atoms with Crippen LogP contribution in [0.1, 0.15) is 49.2 Å². The van der Waals surface area contributed by atoms with E-state index >= 15 is 0 Å². The van der Waals surface area contributed by atoms with Crippen molar-refractivity contribution in [2.75, 3.05) is 19.0 Å². The Kier molecular flexibility index (Phi) is 4.97. The Hall–Kier alpha value is -2.83. The van der Waals surface area contributed by atoms with E-state index in [-0.39, 0.29) is 17.6 Å². The van der Waals surface area contributed by atoms with Gasteiger partial charge in [-0.2, -0.15) is 0 Å². The molecule has 1 amide bonds. The normalized spacial score (nSPS) is 17.6. The van der Waals surface area contributed by atoms with Crippen molar-refractivity contribution in [1.82, 2.24) is 15.3 Å². The molecule has 3 rings (SSSR count). The average Bonchev–Trinajstić information content (AvgIpc) is 2.61. The van der Waals surface area contributed by atoms with Gasteiger partial charge in [-0.05, 0) is 39.0 Å². The predicted molar refractivity (Wildman–Crippen MR) is 98.7 cm³/mol. The molecule has 1 aromatic carbocycles. The zero-order valence-corrected chi connectivity index (χ0v) is 15.5. The molecule has 0 saturated carbocycles. The molecule has 2 heterocycles. The number of hydrogen-bond donors (Lipinski definition) is 2. The van der Waals surface area contributed by atoms with E-state index in [1.807, 2.05) is 39.0 Å². The number of anilines is 1. The number of benzene rings is 1. The first-order chi connectivity index (χ1) is 12.4. The fourth-order valence-corrected chi connectivity index (χ4v) is 3.02. The molecule has 1 aromatic heterocycles. The molecule has 138 valence electrons. The van der Waals surface area contributed by atoms with E-state index in [4.69, 9.17) is 9.47 Å². The van der Waals surface area contributed by atoms with Crippen LogP contribution in [0.15, 0.2) is 30.6 Å². The molecule has 2 N–H and O–H groups in total. The van der Waals surface area contributed by atoms with Crippen LogP contribution in [0.3, 0.4) is 0 Å². The molecule has 0 radical (unpaired) electrons. The third-order valence-electron chi connectivity index (χ3n) is 4.23. The molecule has 0 spiro atoms. The Balaban J connectivity index is 1.83. The Morgan fingerprint density at radius 3 is 2.73 bits per heavy atom. The zero-order chi connectivity index (χ0) is 18.7. The fourth-order valence-electron chi connectivity index (χ4n) is 3.02. The maximum absolute atomic E-state index is 12.7. The van der Waals surface area contributed by atoms with Crippen molar-refractivity contribution in [3.63, 3.8) is 0 Å². The maximum Gasteiger partial charge on any atom is 0.254 e. The highest BCUT2D eigenvalue weighted by molar-refractivity contribution is 5.94. The molecule has 7 nitrogen and oxygen atoms in total. The third-order valence-corrected chi connectivity index (χ3v) is 4.23. The van der Waals surface area contributed by atoms with Crippen LogP contribution in [0.4, 0.5) is 5.95 Å². The molecule has 1 aliphatic rings. The number of carbonyl (C=O) groups is 1. The second-order valence-electron chi connectivity index (χ2n) is 6.82. The van der Waals surface area contributed by atoms with Gasteiger partial charge in [0.1, 0.15) is 17.1 Å². The molecule has 1 aliphatic heterocycles. The van der Waals surface area contributed by atoms with Crippen LogP contribution < -0.4 is 20.1 Å². The van der Waals surface area contributed by atoms with Crippen LogP contribution in [0.2, 0.25) is 0 Å². The summed E-state index contributed by atoms with van der Waals surface area (Å²) >= 11 is 0. The highest BCUT2D eigenvalue weighted by Gasteiger charge is 2.35. The van der Waals surface area contributed by atoms with Crippen molar-refractivity contribution in [2.45, 2.75) is 38.8 Å². The third kappa shape index (κ3) is 3.87. The summed E-state index contributed by atoms with van der Waals surface area (Å²) in [6, 6.07) is 5.44. The summed E-state index contributed by atoms with van der Waals surface area (Å²) in [5, 5.41) is 6.08. The summed E-state index contributed by atoms with van der Waals surface area (Å²) in [4.78, 5) is 21.0. The van der Waals surface area contributed by atoms with Crippen LogP contribution in [-0.2, 0) is 0 Å². The van der Waals surface area contributed by atoms with E-state index in [0.29, 0.717) is 17.9 Å². The predicted octanol–water partition coefficient (Wildman–Crippen LogP) is 2.95. The second kappa shape index (κ2) is 7.19. The second-order valence-corrected chi connectivity index (χ2v) is 6.82. The number of hydrogen-bond acceptors (Lipinski definition) is 6. The number of ether oxygens (including phenoxy) is 2. The quantitative estimate of drug-likeness (QED) is 0.857. The van der Waals surface area contributed by atoms with Gasteiger partial charge in [-0.1, -0.05) is 0 Å². The van der Waals surface area contributed by atoms with Gasteiger partial charge in [0.25, 0.3) is 5.91 Å². The number of amides is 1. The van der Waals surface area contributed by atoms with Crippen LogP contribution in [0.5, 0.6) is 11.5 Å². The molecular weight excluding hydrogens is 332 g/mol. The Bertz CT molecular complexity index is 790. The molecule has 0 saturated heterocycles. The highest BCUT2D eigenvalue weighted by atomic mass is 16.5. The van der Waals surface area contributed by atoms with E-state index in [0.717, 1.165) is 23.6 Å². The molecule has 2 aromatic rings. The van der Waals surface area contributed by atoms with E-state index in [2.05, 4.69) is 20.6 Å². The average molecular weight is 356 g/mol. The van der Waals surface area contributed by atoms with E-state index in [1.54, 1.807) is 7.11 Å². The van der Waals surface area contributed by atoms with Crippen molar-refractivity contribution in [1.29, 1.82) is 0 Å². The topological polar surface area (TPSA) is 85.4 Å². The summed E-state index contributed by atoms with van der Waals surface area (Å²) in [6.45, 7) is 6.70. The molecule has 1 unspecified atom stereocenters. The largest absolute Gasteiger partial charge is 0.497 e. The lowest BCUT2D eigenvalue weighted by atomic mass is 9.89. The minimum absolute atomic E-state index is 0.190. The van der Waals surface area contributed by atoms with Gasteiger partial charge in [0.15, 0.2) is 0 Å². The Morgan fingerprint density at radius 2 is 2.08 bits per heavy atom. The number of fused-ring (bicyclic) bond motifs is 1. The van der Waals surface area contributed by atoms with Gasteiger partial charge in [-0.15, -0.1) is 0 Å². The van der Waals surface area contributed by atoms with Gasteiger partial charge < -0.3 is 20.1 Å².